The molecule has 0 spiro atoms. The van der Waals surface area contributed by atoms with Crippen LogP contribution in [-0.4, -0.2) is 36.3 Å². The van der Waals surface area contributed by atoms with Crippen molar-refractivity contribution in [3.05, 3.63) is 36.3 Å². The Morgan fingerprint density at radius 1 is 1.07 bits per heavy atom. The van der Waals surface area contributed by atoms with Crippen LogP contribution in [0.5, 0.6) is 5.88 Å². The van der Waals surface area contributed by atoms with Crippen molar-refractivity contribution in [2.75, 3.05) is 0 Å². The molecule has 0 bridgehead atoms. The zero-order valence-electron chi connectivity index (χ0n) is 14.8. The number of alkyl halides is 5. The van der Waals surface area contributed by atoms with E-state index in [1.165, 1.54) is 6.20 Å². The number of halogens is 6. The van der Waals surface area contributed by atoms with E-state index in [9.17, 15) is 26.3 Å². The van der Waals surface area contributed by atoms with Gasteiger partial charge in [0.2, 0.25) is 11.4 Å². The normalized spacial score (nSPS) is 16.7. The van der Waals surface area contributed by atoms with E-state index < -0.39 is 35.2 Å². The predicted molar refractivity (Wildman–Crippen MR) is 86.8 cm³/mol. The van der Waals surface area contributed by atoms with Crippen molar-refractivity contribution >= 4 is 5.65 Å². The summed E-state index contributed by atoms with van der Waals surface area (Å²) in [6, 6.07) is 0.882. The second-order valence-corrected chi connectivity index (χ2v) is 6.87. The average Bonchev–Trinajstić information content (AvgIpc) is 3.01. The number of ether oxygens (including phenoxy) is 1. The first-order chi connectivity index (χ1) is 13.5. The Morgan fingerprint density at radius 3 is 2.34 bits per heavy atom. The fraction of sp³-hybridized carbons (Fsp3) is 0.412. The van der Waals surface area contributed by atoms with Crippen LogP contribution in [-0.2, 0) is 5.92 Å². The molecule has 0 radical (unpaired) electrons. The molecule has 1 saturated carbocycles. The fourth-order valence-electron chi connectivity index (χ4n) is 3.02. The molecule has 3 aromatic heterocycles. The number of nitrogens with zero attached hydrogens (tertiary/aromatic N) is 5. The number of hydrogen-bond donors (Lipinski definition) is 0. The van der Waals surface area contributed by atoms with Crippen molar-refractivity contribution in [2.45, 2.75) is 43.9 Å². The lowest BCUT2D eigenvalue weighted by Crippen LogP contribution is -2.55. The van der Waals surface area contributed by atoms with E-state index in [0.29, 0.717) is 13.3 Å². The molecule has 0 N–H and O–H groups in total. The molecule has 4 rings (SSSR count). The Bertz CT molecular complexity index is 1070. The van der Waals surface area contributed by atoms with E-state index in [0.717, 1.165) is 22.9 Å². The third-order valence-corrected chi connectivity index (χ3v) is 4.76. The summed E-state index contributed by atoms with van der Waals surface area (Å²) in [7, 11) is 0. The van der Waals surface area contributed by atoms with Gasteiger partial charge in [-0.2, -0.15) is 22.0 Å². The summed E-state index contributed by atoms with van der Waals surface area (Å²) in [4.78, 5) is 7.64. The molecule has 0 unspecified atom stereocenters. The monoisotopic (exact) mass is 417 g/mol. The van der Waals surface area contributed by atoms with E-state index in [1.54, 1.807) is 0 Å². The molecule has 154 valence electrons. The van der Waals surface area contributed by atoms with E-state index in [2.05, 4.69) is 20.2 Å². The van der Waals surface area contributed by atoms with Crippen molar-refractivity contribution < 1.29 is 31.1 Å². The van der Waals surface area contributed by atoms with Gasteiger partial charge in [0.1, 0.15) is 0 Å². The number of pyridine rings is 1. The molecule has 0 amide bonds. The van der Waals surface area contributed by atoms with Gasteiger partial charge in [0.25, 0.3) is 5.88 Å². The third-order valence-electron chi connectivity index (χ3n) is 4.76. The van der Waals surface area contributed by atoms with Crippen molar-refractivity contribution in [3.63, 3.8) is 0 Å². The van der Waals surface area contributed by atoms with Crippen LogP contribution in [0.1, 0.15) is 32.0 Å². The van der Waals surface area contributed by atoms with Gasteiger partial charge >= 0.3 is 12.1 Å². The second-order valence-electron chi connectivity index (χ2n) is 6.87. The van der Waals surface area contributed by atoms with E-state index in [-0.39, 0.29) is 29.7 Å². The van der Waals surface area contributed by atoms with Crippen LogP contribution in [0.4, 0.5) is 26.3 Å². The van der Waals surface area contributed by atoms with Crippen molar-refractivity contribution in [3.8, 4) is 17.1 Å². The van der Waals surface area contributed by atoms with Crippen LogP contribution >= 0.6 is 0 Å². The molecule has 3 heterocycles. The molecule has 0 aromatic carbocycles. The van der Waals surface area contributed by atoms with Crippen LogP contribution in [0.25, 0.3) is 16.9 Å². The molecule has 12 heteroatoms. The molecular weight excluding hydrogens is 404 g/mol. The van der Waals surface area contributed by atoms with Gasteiger partial charge in [0, 0.05) is 24.9 Å². The molecule has 0 aliphatic heterocycles. The lowest BCUT2D eigenvalue weighted by molar-refractivity contribution is -0.275. The first kappa shape index (κ1) is 19.4. The smallest absolute Gasteiger partial charge is 0.428 e. The van der Waals surface area contributed by atoms with Crippen LogP contribution in [0.15, 0.2) is 24.7 Å². The number of rotatable bonds is 4. The fourth-order valence-corrected chi connectivity index (χ4v) is 3.02. The summed E-state index contributed by atoms with van der Waals surface area (Å²) < 4.78 is 87.2. The van der Waals surface area contributed by atoms with Gasteiger partial charge in [-0.3, -0.25) is 9.38 Å². The molecule has 29 heavy (non-hydrogen) atoms. The van der Waals surface area contributed by atoms with E-state index in [1.807, 2.05) is 0 Å². The van der Waals surface area contributed by atoms with Crippen LogP contribution in [0.2, 0.25) is 0 Å². The first-order valence-electron chi connectivity index (χ1n) is 8.51. The molecule has 3 aromatic rings. The zero-order valence-corrected chi connectivity index (χ0v) is 14.8. The van der Waals surface area contributed by atoms with Gasteiger partial charge in [-0.25, -0.2) is 9.37 Å². The van der Waals surface area contributed by atoms with E-state index >= 15 is 0 Å². The lowest BCUT2D eigenvalue weighted by Gasteiger charge is -2.42. The largest absolute Gasteiger partial charge is 0.459 e. The molecule has 0 atom stereocenters. The summed E-state index contributed by atoms with van der Waals surface area (Å²) in [6.07, 6.45) is -1.51. The molecule has 6 nitrogen and oxygen atoms in total. The maximum atomic E-state index is 14.4. The zero-order chi connectivity index (χ0) is 21.0. The van der Waals surface area contributed by atoms with Gasteiger partial charge in [0.15, 0.2) is 11.5 Å². The molecule has 1 aliphatic carbocycles. The molecular formula is C17H13F6N5O. The highest BCUT2D eigenvalue weighted by molar-refractivity contribution is 5.59. The van der Waals surface area contributed by atoms with Crippen LogP contribution < -0.4 is 4.74 Å². The van der Waals surface area contributed by atoms with Gasteiger partial charge in [-0.05, 0) is 25.3 Å². The molecule has 0 saturated heterocycles. The highest BCUT2D eigenvalue weighted by Gasteiger charge is 2.61. The van der Waals surface area contributed by atoms with Crippen LogP contribution in [0, 0.1) is 5.82 Å². The number of hydrogen-bond acceptors (Lipinski definition) is 5. The Labute approximate surface area is 159 Å². The summed E-state index contributed by atoms with van der Waals surface area (Å²) in [5, 5.41) is 7.00. The number of fused-ring (bicyclic) bond motifs is 1. The minimum absolute atomic E-state index is 0.0509. The summed E-state index contributed by atoms with van der Waals surface area (Å²) in [5.41, 5.74) is -2.28. The standard InChI is InChI=1S/C17H13F6N5O/c1-15(19,20)14-27-26-12-7-24-11(8-28(12)14)9-5-10(18)13(25-6-9)29-16(3-2-4-16)17(21,22)23/h5-8H,2-4H2,1H3. The molecule has 1 aliphatic rings. The average molecular weight is 417 g/mol. The molecule has 1 fully saturated rings. The Kier molecular flexibility index (Phi) is 4.21. The highest BCUT2D eigenvalue weighted by Crippen LogP contribution is 2.48. The van der Waals surface area contributed by atoms with Gasteiger partial charge < -0.3 is 4.74 Å². The summed E-state index contributed by atoms with van der Waals surface area (Å²) in [5.74, 6) is -5.82. The maximum Gasteiger partial charge on any atom is 0.428 e. The second kappa shape index (κ2) is 6.29. The summed E-state index contributed by atoms with van der Waals surface area (Å²) >= 11 is 0. The Hall–Kier alpha value is -2.92. The Balaban J connectivity index is 1.68. The quantitative estimate of drug-likeness (QED) is 0.593. The van der Waals surface area contributed by atoms with Crippen molar-refractivity contribution in [2.24, 2.45) is 0 Å². The highest BCUT2D eigenvalue weighted by atomic mass is 19.4. The van der Waals surface area contributed by atoms with Gasteiger partial charge in [0.05, 0.1) is 11.9 Å². The van der Waals surface area contributed by atoms with Crippen LogP contribution in [0.3, 0.4) is 0 Å². The third kappa shape index (κ3) is 3.25. The minimum atomic E-state index is -4.65. The topological polar surface area (TPSA) is 65.2 Å². The van der Waals surface area contributed by atoms with Crippen molar-refractivity contribution in [1.82, 2.24) is 24.6 Å². The van der Waals surface area contributed by atoms with Gasteiger partial charge in [-0.15, -0.1) is 10.2 Å². The predicted octanol–water partition coefficient (Wildman–Crippen LogP) is 4.30. The summed E-state index contributed by atoms with van der Waals surface area (Å²) in [6.45, 7) is 0.647. The van der Waals surface area contributed by atoms with E-state index in [4.69, 9.17) is 4.74 Å². The van der Waals surface area contributed by atoms with Crippen molar-refractivity contribution in [1.29, 1.82) is 0 Å². The number of aromatic nitrogens is 5. The lowest BCUT2D eigenvalue weighted by atomic mass is 9.79. The maximum absolute atomic E-state index is 14.4. The SMILES string of the molecule is CC(F)(F)c1nnc2cnc(-c3cnc(OC4(C(F)(F)F)CCC4)c(F)c3)cn12. The minimum Gasteiger partial charge on any atom is -0.459 e. The Morgan fingerprint density at radius 2 is 1.79 bits per heavy atom. The van der Waals surface area contributed by atoms with Gasteiger partial charge in [-0.1, -0.05) is 0 Å². The first-order valence-corrected chi connectivity index (χ1v) is 8.51.